The highest BCUT2D eigenvalue weighted by Gasteiger charge is 2.40. The molecule has 1 N–H and O–H groups in total. The van der Waals surface area contributed by atoms with Gasteiger partial charge in [-0.3, -0.25) is 0 Å². The van der Waals surface area contributed by atoms with Crippen molar-refractivity contribution in [3.05, 3.63) is 18.1 Å². The second kappa shape index (κ2) is 4.77. The van der Waals surface area contributed by atoms with Crippen LogP contribution in [0.1, 0.15) is 31.9 Å². The fraction of sp³-hybridized carbons (Fsp3) is 0.615. The van der Waals surface area contributed by atoms with E-state index in [1.807, 2.05) is 6.07 Å². The first-order valence-corrected chi connectivity index (χ1v) is 6.69. The Kier molecular flexibility index (Phi) is 3.10. The summed E-state index contributed by atoms with van der Waals surface area (Å²) in [4.78, 5) is 8.54. The molecule has 1 aliphatic carbocycles. The van der Waals surface area contributed by atoms with E-state index in [-0.39, 0.29) is 0 Å². The van der Waals surface area contributed by atoms with E-state index in [9.17, 15) is 0 Å². The lowest BCUT2D eigenvalue weighted by Crippen LogP contribution is -2.17. The van der Waals surface area contributed by atoms with Crippen molar-refractivity contribution in [1.29, 1.82) is 0 Å². The summed E-state index contributed by atoms with van der Waals surface area (Å²) in [6.07, 6.45) is 5.37. The highest BCUT2D eigenvalue weighted by atomic mass is 16.5. The lowest BCUT2D eigenvalue weighted by molar-refractivity contribution is 0.181. The number of nitrogens with zero attached hydrogens (tertiary/aromatic N) is 4. The van der Waals surface area contributed by atoms with Crippen molar-refractivity contribution in [2.45, 2.75) is 32.8 Å². The Bertz CT molecular complexity index is 575. The molecule has 0 spiro atoms. The van der Waals surface area contributed by atoms with E-state index < -0.39 is 0 Å². The van der Waals surface area contributed by atoms with Gasteiger partial charge in [-0.15, -0.1) is 0 Å². The summed E-state index contributed by atoms with van der Waals surface area (Å²) in [6, 6.07) is 1.98. The van der Waals surface area contributed by atoms with Crippen molar-refractivity contribution in [2.24, 2.45) is 5.41 Å². The largest absolute Gasteiger partial charge is 0.378 e. The molecule has 0 amide bonds. The normalized spacial score (nSPS) is 16.7. The standard InChI is InChI=1S/C13H19N5O/c1-3-13(4-5-13)8-14-11-6-10(7-19-2)17-12-15-9-16-18(11)12/h6,9,14H,3-5,7-8H2,1-2H3. The van der Waals surface area contributed by atoms with Crippen LogP contribution in [0.25, 0.3) is 5.78 Å². The van der Waals surface area contributed by atoms with Crippen LogP contribution < -0.4 is 5.32 Å². The summed E-state index contributed by atoms with van der Waals surface area (Å²) in [5, 5.41) is 7.70. The molecule has 0 aliphatic heterocycles. The molecule has 0 aromatic carbocycles. The predicted octanol–water partition coefficient (Wildman–Crippen LogP) is 1.87. The van der Waals surface area contributed by atoms with Gasteiger partial charge in [-0.1, -0.05) is 6.92 Å². The van der Waals surface area contributed by atoms with Crippen molar-refractivity contribution in [1.82, 2.24) is 19.6 Å². The molecule has 3 rings (SSSR count). The zero-order chi connectivity index (χ0) is 13.3. The summed E-state index contributed by atoms with van der Waals surface area (Å²) in [7, 11) is 1.67. The molecule has 102 valence electrons. The second-order valence-corrected chi connectivity index (χ2v) is 5.24. The van der Waals surface area contributed by atoms with E-state index in [1.165, 1.54) is 25.6 Å². The summed E-state index contributed by atoms with van der Waals surface area (Å²) < 4.78 is 6.88. The van der Waals surface area contributed by atoms with Gasteiger partial charge < -0.3 is 10.1 Å². The van der Waals surface area contributed by atoms with Crippen LogP contribution in [0, 0.1) is 5.41 Å². The number of nitrogens with one attached hydrogen (secondary N) is 1. The predicted molar refractivity (Wildman–Crippen MR) is 71.9 cm³/mol. The molecule has 0 unspecified atom stereocenters. The molecule has 2 aromatic rings. The van der Waals surface area contributed by atoms with Crippen LogP contribution in [-0.4, -0.2) is 33.2 Å². The minimum atomic E-state index is 0.483. The van der Waals surface area contributed by atoms with Gasteiger partial charge in [0.25, 0.3) is 5.78 Å². The van der Waals surface area contributed by atoms with Gasteiger partial charge in [-0.05, 0) is 24.7 Å². The molecule has 6 nitrogen and oxygen atoms in total. The van der Waals surface area contributed by atoms with Crippen molar-refractivity contribution in [3.63, 3.8) is 0 Å². The number of hydrogen-bond donors (Lipinski definition) is 1. The summed E-state index contributed by atoms with van der Waals surface area (Å²) >= 11 is 0. The summed E-state index contributed by atoms with van der Waals surface area (Å²) in [5.74, 6) is 1.55. The second-order valence-electron chi connectivity index (χ2n) is 5.24. The third kappa shape index (κ3) is 2.40. The number of rotatable bonds is 6. The van der Waals surface area contributed by atoms with Gasteiger partial charge in [0.1, 0.15) is 12.1 Å². The number of aromatic nitrogens is 4. The highest BCUT2D eigenvalue weighted by molar-refractivity contribution is 5.45. The number of methoxy groups -OCH3 is 1. The first kappa shape index (κ1) is 12.3. The average molecular weight is 261 g/mol. The Morgan fingerprint density at radius 1 is 1.47 bits per heavy atom. The molecule has 0 radical (unpaired) electrons. The molecule has 0 bridgehead atoms. The van der Waals surface area contributed by atoms with Gasteiger partial charge in [0.05, 0.1) is 12.3 Å². The van der Waals surface area contributed by atoms with Crippen molar-refractivity contribution < 1.29 is 4.74 Å². The van der Waals surface area contributed by atoms with Crippen LogP contribution in [0.3, 0.4) is 0 Å². The molecule has 6 heteroatoms. The molecule has 1 fully saturated rings. The maximum atomic E-state index is 5.14. The Balaban J connectivity index is 1.85. The summed E-state index contributed by atoms with van der Waals surface area (Å²) in [5.41, 5.74) is 1.35. The molecule has 1 aliphatic rings. The van der Waals surface area contributed by atoms with Crippen LogP contribution in [0.5, 0.6) is 0 Å². The van der Waals surface area contributed by atoms with Crippen LogP contribution in [0.4, 0.5) is 5.82 Å². The fourth-order valence-corrected chi connectivity index (χ4v) is 2.32. The zero-order valence-corrected chi connectivity index (χ0v) is 11.4. The van der Waals surface area contributed by atoms with E-state index in [2.05, 4.69) is 27.3 Å². The fourth-order valence-electron chi connectivity index (χ4n) is 2.32. The number of hydrogen-bond acceptors (Lipinski definition) is 5. The lowest BCUT2D eigenvalue weighted by Gasteiger charge is -2.15. The van der Waals surface area contributed by atoms with Gasteiger partial charge >= 0.3 is 0 Å². The van der Waals surface area contributed by atoms with Gasteiger partial charge in [0, 0.05) is 19.7 Å². The third-order valence-corrected chi connectivity index (χ3v) is 3.95. The summed E-state index contributed by atoms with van der Waals surface area (Å²) in [6.45, 7) is 3.72. The topological polar surface area (TPSA) is 64.3 Å². The first-order valence-electron chi connectivity index (χ1n) is 6.69. The van der Waals surface area contributed by atoms with E-state index in [0.29, 0.717) is 17.8 Å². The molecular weight excluding hydrogens is 242 g/mol. The smallest absolute Gasteiger partial charge is 0.254 e. The van der Waals surface area contributed by atoms with Gasteiger partial charge in [0.15, 0.2) is 0 Å². The first-order chi connectivity index (χ1) is 9.26. The lowest BCUT2D eigenvalue weighted by atomic mass is 10.0. The quantitative estimate of drug-likeness (QED) is 0.860. The molecule has 2 aromatic heterocycles. The van der Waals surface area contributed by atoms with E-state index in [1.54, 1.807) is 11.6 Å². The Hall–Kier alpha value is -1.69. The maximum Gasteiger partial charge on any atom is 0.254 e. The average Bonchev–Trinajstić information content (AvgIpc) is 3.05. The van der Waals surface area contributed by atoms with Crippen molar-refractivity contribution in [2.75, 3.05) is 19.0 Å². The van der Waals surface area contributed by atoms with E-state index >= 15 is 0 Å². The molecule has 19 heavy (non-hydrogen) atoms. The Labute approximate surface area is 112 Å². The number of anilines is 1. The van der Waals surface area contributed by atoms with Gasteiger partial charge in [-0.25, -0.2) is 4.98 Å². The monoisotopic (exact) mass is 261 g/mol. The SMILES string of the molecule is CCC1(CNc2cc(COC)nc3ncnn23)CC1. The van der Waals surface area contributed by atoms with Crippen LogP contribution >= 0.6 is 0 Å². The molecule has 0 atom stereocenters. The molecule has 0 saturated heterocycles. The zero-order valence-electron chi connectivity index (χ0n) is 11.4. The van der Waals surface area contributed by atoms with E-state index in [0.717, 1.165) is 18.1 Å². The van der Waals surface area contributed by atoms with Crippen molar-refractivity contribution in [3.8, 4) is 0 Å². The molecule has 1 saturated carbocycles. The highest BCUT2D eigenvalue weighted by Crippen LogP contribution is 2.48. The third-order valence-electron chi connectivity index (χ3n) is 3.95. The molecule has 2 heterocycles. The van der Waals surface area contributed by atoms with Crippen LogP contribution in [0.15, 0.2) is 12.4 Å². The van der Waals surface area contributed by atoms with Gasteiger partial charge in [0.2, 0.25) is 0 Å². The molecular formula is C13H19N5O. The van der Waals surface area contributed by atoms with Gasteiger partial charge in [-0.2, -0.15) is 14.6 Å². The minimum Gasteiger partial charge on any atom is -0.378 e. The Morgan fingerprint density at radius 2 is 2.32 bits per heavy atom. The maximum absolute atomic E-state index is 5.14. The Morgan fingerprint density at radius 3 is 3.00 bits per heavy atom. The van der Waals surface area contributed by atoms with E-state index in [4.69, 9.17) is 4.74 Å². The van der Waals surface area contributed by atoms with Crippen LogP contribution in [-0.2, 0) is 11.3 Å². The number of ether oxygens (including phenoxy) is 1. The van der Waals surface area contributed by atoms with Crippen molar-refractivity contribution >= 4 is 11.6 Å². The number of fused-ring (bicyclic) bond motifs is 1. The van der Waals surface area contributed by atoms with Crippen LogP contribution in [0.2, 0.25) is 0 Å². The minimum absolute atomic E-state index is 0.483.